The van der Waals surface area contributed by atoms with Crippen LogP contribution in [0.5, 0.6) is 0 Å². The van der Waals surface area contributed by atoms with Crippen LogP contribution < -0.4 is 6.15 Å². The van der Waals surface area contributed by atoms with E-state index in [0.717, 1.165) is 7.11 Å². The zero-order chi connectivity index (χ0) is 9.71. The van der Waals surface area contributed by atoms with Gasteiger partial charge in [0.15, 0.2) is 0 Å². The first-order chi connectivity index (χ1) is 4.56. The predicted octanol–water partition coefficient (Wildman–Crippen LogP) is -3.01. The fraction of sp³-hybridized carbons (Fsp3) is 1.00. The molecule has 0 saturated heterocycles. The average Bonchev–Trinajstić information content (AvgIpc) is 1.59. The molecule has 0 aromatic heterocycles. The summed E-state index contributed by atoms with van der Waals surface area (Å²) in [5.41, 5.74) is 0. The summed E-state index contributed by atoms with van der Waals surface area (Å²) in [6.45, 7) is 0. The molecule has 0 heterocycles. The minimum Gasteiger partial charge on any atom is -0.368 e. The number of hydrogen-bond donors (Lipinski definition) is 6. The SMILES string of the molecule is COS(=O)(=O)O.N.O[Si](O)(O)O. The topological polar surface area (TPSA) is 180 Å². The molecule has 0 aliphatic rings. The summed E-state index contributed by atoms with van der Waals surface area (Å²) < 4.78 is 29.7. The maximum absolute atomic E-state index is 9.33. The van der Waals surface area contributed by atoms with Crippen LogP contribution in [0.15, 0.2) is 0 Å². The molecule has 78 valence electrons. The lowest BCUT2D eigenvalue weighted by Crippen LogP contribution is -2.33. The first-order valence-electron chi connectivity index (χ1n) is 1.99. The molecule has 0 atom stereocenters. The van der Waals surface area contributed by atoms with Crippen molar-refractivity contribution >= 4 is 19.4 Å². The van der Waals surface area contributed by atoms with Crippen molar-refractivity contribution in [2.24, 2.45) is 0 Å². The van der Waals surface area contributed by atoms with Gasteiger partial charge in [-0.15, -0.1) is 0 Å². The highest BCUT2D eigenvalue weighted by atomic mass is 32.3. The van der Waals surface area contributed by atoms with Crippen molar-refractivity contribution in [2.75, 3.05) is 7.11 Å². The van der Waals surface area contributed by atoms with Crippen LogP contribution in [0.2, 0.25) is 0 Å². The van der Waals surface area contributed by atoms with Crippen molar-refractivity contribution in [3.8, 4) is 0 Å². The lowest BCUT2D eigenvalue weighted by atomic mass is 11.8. The van der Waals surface area contributed by atoms with E-state index >= 15 is 0 Å². The van der Waals surface area contributed by atoms with Crippen molar-refractivity contribution in [2.45, 2.75) is 0 Å². The Bertz CT molecular complexity index is 174. The van der Waals surface area contributed by atoms with Crippen LogP contribution in [-0.4, -0.2) is 48.3 Å². The highest BCUT2D eigenvalue weighted by molar-refractivity contribution is 7.80. The van der Waals surface area contributed by atoms with Crippen molar-refractivity contribution in [1.29, 1.82) is 0 Å². The summed E-state index contributed by atoms with van der Waals surface area (Å²) in [4.78, 5) is 29.3. The fourth-order valence-corrected chi connectivity index (χ4v) is 0. The number of rotatable bonds is 1. The molecule has 0 rings (SSSR count). The molecule has 0 radical (unpaired) electrons. The Labute approximate surface area is 69.9 Å². The molecule has 0 saturated carbocycles. The third-order valence-corrected chi connectivity index (χ3v) is 0.632. The van der Waals surface area contributed by atoms with Crippen molar-refractivity contribution in [3.05, 3.63) is 0 Å². The Morgan fingerprint density at radius 2 is 1.25 bits per heavy atom. The normalized spacial score (nSPS) is 10.8. The maximum Gasteiger partial charge on any atom is 0.668 e. The fourth-order valence-electron chi connectivity index (χ4n) is 0. The van der Waals surface area contributed by atoms with E-state index in [1.54, 1.807) is 0 Å². The minimum absolute atomic E-state index is 0. The van der Waals surface area contributed by atoms with Crippen LogP contribution in [0, 0.1) is 0 Å². The molecule has 8 N–H and O–H groups in total. The standard InChI is InChI=1S/CH4O4S.H3N.H4O4Si/c1-5-6(2,3)4;;1-5(2,3)4/h1H3,(H,2,3,4);1H3;1-4H. The Kier molecular flexibility index (Phi) is 9.53. The zero-order valence-electron chi connectivity index (χ0n) is 6.08. The molecule has 0 amide bonds. The average molecular weight is 225 g/mol. The molecule has 0 aromatic carbocycles. The van der Waals surface area contributed by atoms with Crippen LogP contribution in [0.4, 0.5) is 0 Å². The van der Waals surface area contributed by atoms with Gasteiger partial charge in [0.25, 0.3) is 0 Å². The van der Waals surface area contributed by atoms with Crippen LogP contribution in [0.25, 0.3) is 0 Å². The van der Waals surface area contributed by atoms with E-state index in [4.69, 9.17) is 23.7 Å². The molecule has 11 heteroatoms. The Hall–Kier alpha value is -0.113. The van der Waals surface area contributed by atoms with Crippen LogP contribution in [-0.2, 0) is 14.6 Å². The monoisotopic (exact) mass is 225 g/mol. The van der Waals surface area contributed by atoms with E-state index in [-0.39, 0.29) is 6.15 Å². The molecule has 12 heavy (non-hydrogen) atoms. The largest absolute Gasteiger partial charge is 0.668 e. The van der Waals surface area contributed by atoms with E-state index in [2.05, 4.69) is 4.18 Å². The van der Waals surface area contributed by atoms with Gasteiger partial charge in [-0.1, -0.05) is 0 Å². The van der Waals surface area contributed by atoms with Gasteiger partial charge in [-0.2, -0.15) is 8.42 Å². The minimum atomic E-state index is -4.61. The van der Waals surface area contributed by atoms with Gasteiger partial charge in [-0.25, -0.2) is 0 Å². The van der Waals surface area contributed by atoms with E-state index in [9.17, 15) is 8.42 Å². The third kappa shape index (κ3) is 93.7. The van der Waals surface area contributed by atoms with Gasteiger partial charge in [-0.3, -0.25) is 8.74 Å². The quantitative estimate of drug-likeness (QED) is 0.200. The summed E-state index contributed by atoms with van der Waals surface area (Å²) in [6.07, 6.45) is 0. The Morgan fingerprint density at radius 3 is 1.25 bits per heavy atom. The molecule has 9 nitrogen and oxygen atoms in total. The third-order valence-electron chi connectivity index (χ3n) is 0.211. The van der Waals surface area contributed by atoms with Gasteiger partial charge in [-0.05, 0) is 0 Å². The molecule has 0 aliphatic carbocycles. The predicted molar refractivity (Wildman–Crippen MR) is 38.2 cm³/mol. The van der Waals surface area contributed by atoms with E-state index in [1.807, 2.05) is 0 Å². The van der Waals surface area contributed by atoms with Crippen molar-refractivity contribution in [3.63, 3.8) is 0 Å². The van der Waals surface area contributed by atoms with Gasteiger partial charge >= 0.3 is 19.4 Å². The molecule has 0 aromatic rings. The highest BCUT2D eigenvalue weighted by Crippen LogP contribution is 1.74. The maximum atomic E-state index is 9.33. The summed E-state index contributed by atoms with van der Waals surface area (Å²) in [7, 11) is -7.90. The van der Waals surface area contributed by atoms with Crippen LogP contribution in [0.3, 0.4) is 0 Å². The molecular formula is CH11NO8SSi. The van der Waals surface area contributed by atoms with E-state index in [1.165, 1.54) is 0 Å². The second-order valence-electron chi connectivity index (χ2n) is 1.19. The van der Waals surface area contributed by atoms with Gasteiger partial charge in [0, 0.05) is 0 Å². The molecule has 0 unspecified atom stereocenters. The van der Waals surface area contributed by atoms with Crippen LogP contribution >= 0.6 is 0 Å². The summed E-state index contributed by atoms with van der Waals surface area (Å²) in [5.74, 6) is 0. The molecular weight excluding hydrogens is 214 g/mol. The molecule has 0 spiro atoms. The molecule has 0 bridgehead atoms. The highest BCUT2D eigenvalue weighted by Gasteiger charge is 2.22. The molecule has 0 fully saturated rings. The van der Waals surface area contributed by atoms with Crippen LogP contribution in [0.1, 0.15) is 0 Å². The van der Waals surface area contributed by atoms with Crippen molar-refractivity contribution < 1.29 is 36.3 Å². The second kappa shape index (κ2) is 6.41. The van der Waals surface area contributed by atoms with E-state index in [0.29, 0.717) is 0 Å². The number of hydrogen-bond acceptors (Lipinski definition) is 8. The first-order valence-corrected chi connectivity index (χ1v) is 5.14. The van der Waals surface area contributed by atoms with Gasteiger partial charge in [0.05, 0.1) is 7.11 Å². The summed E-state index contributed by atoms with van der Waals surface area (Å²) >= 11 is 0. The van der Waals surface area contributed by atoms with Crippen molar-refractivity contribution in [1.82, 2.24) is 6.15 Å². The zero-order valence-corrected chi connectivity index (χ0v) is 7.89. The van der Waals surface area contributed by atoms with Gasteiger partial charge in [0.2, 0.25) is 0 Å². The summed E-state index contributed by atoms with van der Waals surface area (Å²) in [6, 6.07) is 0. The Morgan fingerprint density at radius 1 is 1.17 bits per heavy atom. The lowest BCUT2D eigenvalue weighted by molar-refractivity contribution is 0.117. The smallest absolute Gasteiger partial charge is 0.368 e. The summed E-state index contributed by atoms with van der Waals surface area (Å²) in [5, 5.41) is 0. The second-order valence-corrected chi connectivity index (χ2v) is 3.58. The lowest BCUT2D eigenvalue weighted by Gasteiger charge is -1.91. The molecule has 0 aliphatic heterocycles. The van der Waals surface area contributed by atoms with Gasteiger partial charge in [0.1, 0.15) is 0 Å². The van der Waals surface area contributed by atoms with E-state index < -0.39 is 19.4 Å². The first kappa shape index (κ1) is 17.8. The van der Waals surface area contributed by atoms with Gasteiger partial charge < -0.3 is 25.3 Å². The Balaban J connectivity index is -0.000000126.